The normalized spacial score (nSPS) is 20.5. The standard InChI is InChI=1S/C9H17NO/c1-2-10(8-11)9-6-4-3-5-7-9/h8-9H,2-7H2,1H3/q+1. The van der Waals surface area contributed by atoms with Gasteiger partial charge in [-0.1, -0.05) is 6.42 Å². The van der Waals surface area contributed by atoms with E-state index in [1.165, 1.54) is 32.1 Å². The van der Waals surface area contributed by atoms with Crippen molar-refractivity contribution in [2.75, 3.05) is 6.54 Å². The maximum Gasteiger partial charge on any atom is 0.349 e. The van der Waals surface area contributed by atoms with Crippen molar-refractivity contribution in [2.45, 2.75) is 45.1 Å². The molecule has 0 spiro atoms. The molecule has 0 atom stereocenters. The molecule has 11 heavy (non-hydrogen) atoms. The predicted molar refractivity (Wildman–Crippen MR) is 45.6 cm³/mol. The van der Waals surface area contributed by atoms with Gasteiger partial charge in [0.15, 0.2) is 0 Å². The summed E-state index contributed by atoms with van der Waals surface area (Å²) in [5.74, 6) is 0. The fraction of sp³-hybridized carbons (Fsp3) is 0.889. The third-order valence-electron chi connectivity index (χ3n) is 2.54. The molecule has 1 rings (SSSR count). The summed E-state index contributed by atoms with van der Waals surface area (Å²) >= 11 is 0. The van der Waals surface area contributed by atoms with Gasteiger partial charge in [0.2, 0.25) is 0 Å². The van der Waals surface area contributed by atoms with Gasteiger partial charge in [-0.2, -0.15) is 0 Å². The maximum absolute atomic E-state index is 10.6. The molecular weight excluding hydrogens is 138 g/mol. The molecule has 0 N–H and O–H groups in total. The van der Waals surface area contributed by atoms with Crippen LogP contribution in [0.5, 0.6) is 0 Å². The molecule has 0 unspecified atom stereocenters. The molecule has 0 aromatic heterocycles. The highest BCUT2D eigenvalue weighted by molar-refractivity contribution is 5.51. The van der Waals surface area contributed by atoms with Crippen molar-refractivity contribution in [1.29, 1.82) is 0 Å². The van der Waals surface area contributed by atoms with E-state index in [4.69, 9.17) is 0 Å². The van der Waals surface area contributed by atoms with Gasteiger partial charge in [-0.15, -0.1) is 4.90 Å². The first-order chi connectivity index (χ1) is 5.38. The lowest BCUT2D eigenvalue weighted by molar-refractivity contribution is -0.114. The van der Waals surface area contributed by atoms with Crippen molar-refractivity contribution < 1.29 is 4.79 Å². The molecule has 0 aliphatic heterocycles. The van der Waals surface area contributed by atoms with Crippen LogP contribution < -0.4 is 4.90 Å². The van der Waals surface area contributed by atoms with Crippen LogP contribution in [0.1, 0.15) is 39.0 Å². The monoisotopic (exact) mass is 155 g/mol. The molecule has 1 amide bonds. The van der Waals surface area contributed by atoms with E-state index in [0.717, 1.165) is 13.0 Å². The van der Waals surface area contributed by atoms with E-state index < -0.39 is 0 Å². The minimum atomic E-state index is 0.547. The Morgan fingerprint density at radius 1 is 1.36 bits per heavy atom. The molecule has 0 aromatic rings. The van der Waals surface area contributed by atoms with E-state index in [1.54, 1.807) is 0 Å². The van der Waals surface area contributed by atoms with E-state index in [9.17, 15) is 4.79 Å². The van der Waals surface area contributed by atoms with Gasteiger partial charge in [-0.05, 0) is 19.8 Å². The molecule has 0 saturated heterocycles. The Morgan fingerprint density at radius 2 is 2.00 bits per heavy atom. The second kappa shape index (κ2) is 4.50. The second-order valence-corrected chi connectivity index (χ2v) is 3.23. The first-order valence-electron chi connectivity index (χ1n) is 4.59. The van der Waals surface area contributed by atoms with Crippen LogP contribution in [-0.2, 0) is 4.79 Å². The van der Waals surface area contributed by atoms with Crippen LogP contribution in [0.25, 0.3) is 0 Å². The molecule has 2 nitrogen and oxygen atoms in total. The highest BCUT2D eigenvalue weighted by Crippen LogP contribution is 2.19. The van der Waals surface area contributed by atoms with E-state index in [0.29, 0.717) is 6.04 Å². The maximum atomic E-state index is 10.6. The first-order valence-corrected chi connectivity index (χ1v) is 4.59. The van der Waals surface area contributed by atoms with E-state index in [1.807, 2.05) is 11.8 Å². The summed E-state index contributed by atoms with van der Waals surface area (Å²) in [4.78, 5) is 12.5. The van der Waals surface area contributed by atoms with Crippen LogP contribution in [-0.4, -0.2) is 19.0 Å². The Hall–Kier alpha value is -0.370. The number of carbonyl (C=O) groups is 1. The summed E-state index contributed by atoms with van der Waals surface area (Å²) in [5, 5.41) is 0. The quantitative estimate of drug-likeness (QED) is 0.449. The van der Waals surface area contributed by atoms with Gasteiger partial charge in [0.1, 0.15) is 12.6 Å². The molecule has 1 aliphatic carbocycles. The summed E-state index contributed by atoms with van der Waals surface area (Å²) in [5.41, 5.74) is 0. The summed E-state index contributed by atoms with van der Waals surface area (Å²) in [7, 11) is 0. The second-order valence-electron chi connectivity index (χ2n) is 3.23. The van der Waals surface area contributed by atoms with Crippen molar-refractivity contribution in [2.24, 2.45) is 0 Å². The Bertz CT molecular complexity index is 119. The molecule has 0 bridgehead atoms. The smallest absolute Gasteiger partial charge is 0.228 e. The summed E-state index contributed by atoms with van der Waals surface area (Å²) in [6, 6.07) is 0.547. The van der Waals surface area contributed by atoms with Crippen molar-refractivity contribution >= 4 is 6.41 Å². The minimum absolute atomic E-state index is 0.547. The SMILES string of the molecule is CC[N+](C=O)C1CCCCC1. The fourth-order valence-corrected chi connectivity index (χ4v) is 1.83. The van der Waals surface area contributed by atoms with Gasteiger partial charge in [-0.3, -0.25) is 0 Å². The number of nitrogens with zero attached hydrogens (tertiary/aromatic N) is 1. The molecule has 1 aliphatic rings. The number of amides is 1. The zero-order chi connectivity index (χ0) is 8.10. The van der Waals surface area contributed by atoms with Crippen molar-refractivity contribution in [3.05, 3.63) is 0 Å². The highest BCUT2D eigenvalue weighted by Gasteiger charge is 2.27. The largest absolute Gasteiger partial charge is 0.349 e. The lowest BCUT2D eigenvalue weighted by Crippen LogP contribution is -2.40. The van der Waals surface area contributed by atoms with Gasteiger partial charge < -0.3 is 0 Å². The van der Waals surface area contributed by atoms with Gasteiger partial charge in [0, 0.05) is 12.8 Å². The Morgan fingerprint density at radius 3 is 2.45 bits per heavy atom. The van der Waals surface area contributed by atoms with E-state index in [-0.39, 0.29) is 0 Å². The molecule has 2 heteroatoms. The van der Waals surface area contributed by atoms with Crippen LogP contribution >= 0.6 is 0 Å². The topological polar surface area (TPSA) is 23.0 Å². The highest BCUT2D eigenvalue weighted by atomic mass is 16.1. The molecule has 1 fully saturated rings. The molecule has 1 radical (unpaired) electrons. The Kier molecular flexibility index (Phi) is 3.57. The summed E-state index contributed by atoms with van der Waals surface area (Å²) in [6.45, 7) is 2.91. The molecule has 0 aromatic carbocycles. The third-order valence-corrected chi connectivity index (χ3v) is 2.54. The summed E-state index contributed by atoms with van der Waals surface area (Å²) in [6.07, 6.45) is 7.38. The zero-order valence-electron chi connectivity index (χ0n) is 7.25. The van der Waals surface area contributed by atoms with E-state index >= 15 is 0 Å². The molecule has 1 saturated carbocycles. The fourth-order valence-electron chi connectivity index (χ4n) is 1.83. The molecular formula is C9H17NO+. The van der Waals surface area contributed by atoms with E-state index in [2.05, 4.69) is 0 Å². The van der Waals surface area contributed by atoms with Crippen LogP contribution in [0.2, 0.25) is 0 Å². The Balaban J connectivity index is 2.35. The van der Waals surface area contributed by atoms with Crippen LogP contribution in [0.3, 0.4) is 0 Å². The lowest BCUT2D eigenvalue weighted by Gasteiger charge is -2.20. The minimum Gasteiger partial charge on any atom is -0.228 e. The van der Waals surface area contributed by atoms with Crippen LogP contribution in [0.4, 0.5) is 0 Å². The Labute approximate surface area is 68.6 Å². The molecule has 0 heterocycles. The van der Waals surface area contributed by atoms with Gasteiger partial charge >= 0.3 is 6.41 Å². The van der Waals surface area contributed by atoms with Gasteiger partial charge in [0.05, 0.1) is 0 Å². The lowest BCUT2D eigenvalue weighted by atomic mass is 9.94. The van der Waals surface area contributed by atoms with Crippen molar-refractivity contribution in [3.8, 4) is 0 Å². The zero-order valence-corrected chi connectivity index (χ0v) is 7.25. The van der Waals surface area contributed by atoms with Crippen molar-refractivity contribution in [1.82, 2.24) is 4.90 Å². The number of rotatable bonds is 3. The average Bonchev–Trinajstić information content (AvgIpc) is 2.09. The van der Waals surface area contributed by atoms with Gasteiger partial charge in [0.25, 0.3) is 0 Å². The van der Waals surface area contributed by atoms with Crippen molar-refractivity contribution in [3.63, 3.8) is 0 Å². The average molecular weight is 155 g/mol. The number of hydrogen-bond donors (Lipinski definition) is 0. The molecule has 63 valence electrons. The number of hydrogen-bond acceptors (Lipinski definition) is 1. The first kappa shape index (κ1) is 8.72. The predicted octanol–water partition coefficient (Wildman–Crippen LogP) is 1.64. The van der Waals surface area contributed by atoms with Crippen LogP contribution in [0, 0.1) is 0 Å². The van der Waals surface area contributed by atoms with Gasteiger partial charge in [-0.25, -0.2) is 4.79 Å². The summed E-state index contributed by atoms with van der Waals surface area (Å²) < 4.78 is 0. The number of carbonyl (C=O) groups excluding carboxylic acids is 1. The third kappa shape index (κ3) is 2.29. The van der Waals surface area contributed by atoms with Crippen LogP contribution in [0.15, 0.2) is 0 Å².